The van der Waals surface area contributed by atoms with E-state index in [-0.39, 0.29) is 17.4 Å². The van der Waals surface area contributed by atoms with Gasteiger partial charge < -0.3 is 20.5 Å². The zero-order chi connectivity index (χ0) is 17.9. The molecular formula is C18H24Cl2N2O3. The van der Waals surface area contributed by atoms with Crippen LogP contribution < -0.4 is 11.1 Å². The third-order valence-corrected chi connectivity index (χ3v) is 5.76. The molecule has 2 aliphatic rings. The fraction of sp³-hybridized carbons (Fsp3) is 0.611. The number of ether oxygens (including phenoxy) is 2. The van der Waals surface area contributed by atoms with E-state index in [1.54, 1.807) is 6.07 Å². The molecule has 138 valence electrons. The molecule has 1 amide bonds. The van der Waals surface area contributed by atoms with Gasteiger partial charge in [0.25, 0.3) is 0 Å². The molecule has 0 radical (unpaired) electrons. The van der Waals surface area contributed by atoms with Gasteiger partial charge in [-0.05, 0) is 43.4 Å². The first-order valence-corrected chi connectivity index (χ1v) is 9.46. The number of carbonyl (C=O) groups excluding carboxylic acids is 1. The molecule has 3 N–H and O–H groups in total. The lowest BCUT2D eigenvalue weighted by Crippen LogP contribution is -2.47. The number of nitrogens with one attached hydrogen (secondary N) is 1. The van der Waals surface area contributed by atoms with Gasteiger partial charge in [0.2, 0.25) is 5.91 Å². The standard InChI is InChI=1S/C18H24Cl2N2O3/c19-12-1-3-14(15(20)9-12)18(5-7-24-8-6-18)11-22-17(23)16-4-2-13(10-21)25-16/h1,3,9,13,16H,2,4-8,10-11,21H2,(H,22,23)/t13-,16+/m1/s1. The van der Waals surface area contributed by atoms with Crippen LogP contribution in [-0.2, 0) is 19.7 Å². The van der Waals surface area contributed by atoms with Crippen molar-refractivity contribution in [1.82, 2.24) is 5.32 Å². The summed E-state index contributed by atoms with van der Waals surface area (Å²) in [4.78, 5) is 12.5. The summed E-state index contributed by atoms with van der Waals surface area (Å²) in [5.41, 5.74) is 6.38. The molecule has 25 heavy (non-hydrogen) atoms. The Balaban J connectivity index is 1.72. The van der Waals surface area contributed by atoms with Crippen molar-refractivity contribution in [2.45, 2.75) is 43.3 Å². The summed E-state index contributed by atoms with van der Waals surface area (Å²) in [7, 11) is 0. The van der Waals surface area contributed by atoms with Crippen LogP contribution in [0, 0.1) is 0 Å². The predicted octanol–water partition coefficient (Wildman–Crippen LogP) is 2.66. The topological polar surface area (TPSA) is 73.6 Å². The average Bonchev–Trinajstić information content (AvgIpc) is 3.10. The molecule has 0 aliphatic carbocycles. The third-order valence-electron chi connectivity index (χ3n) is 5.22. The first kappa shape index (κ1) is 18.9. The van der Waals surface area contributed by atoms with Crippen LogP contribution in [0.5, 0.6) is 0 Å². The van der Waals surface area contributed by atoms with E-state index in [1.807, 2.05) is 12.1 Å². The van der Waals surface area contributed by atoms with Crippen molar-refractivity contribution in [3.63, 3.8) is 0 Å². The monoisotopic (exact) mass is 386 g/mol. The molecule has 0 unspecified atom stereocenters. The molecule has 2 fully saturated rings. The summed E-state index contributed by atoms with van der Waals surface area (Å²) in [5.74, 6) is -0.0769. The summed E-state index contributed by atoms with van der Waals surface area (Å²) in [6.45, 7) is 2.24. The van der Waals surface area contributed by atoms with Gasteiger partial charge in [0.15, 0.2) is 0 Å². The van der Waals surface area contributed by atoms with E-state index >= 15 is 0 Å². The Bertz CT molecular complexity index is 620. The summed E-state index contributed by atoms with van der Waals surface area (Å²) in [5, 5.41) is 4.30. The quantitative estimate of drug-likeness (QED) is 0.815. The van der Waals surface area contributed by atoms with Crippen LogP contribution in [0.15, 0.2) is 18.2 Å². The molecule has 1 aromatic rings. The summed E-state index contributed by atoms with van der Waals surface area (Å²) in [6, 6.07) is 5.55. The first-order valence-electron chi connectivity index (χ1n) is 8.70. The number of benzene rings is 1. The first-order chi connectivity index (χ1) is 12.0. The van der Waals surface area contributed by atoms with Crippen molar-refractivity contribution in [3.8, 4) is 0 Å². The molecular weight excluding hydrogens is 363 g/mol. The van der Waals surface area contributed by atoms with E-state index in [4.69, 9.17) is 38.4 Å². The van der Waals surface area contributed by atoms with Crippen molar-refractivity contribution in [1.29, 1.82) is 0 Å². The van der Waals surface area contributed by atoms with Gasteiger partial charge in [-0.1, -0.05) is 29.3 Å². The fourth-order valence-electron chi connectivity index (χ4n) is 3.67. The highest BCUT2D eigenvalue weighted by Gasteiger charge is 2.38. The van der Waals surface area contributed by atoms with Crippen molar-refractivity contribution in [2.75, 3.05) is 26.3 Å². The number of amides is 1. The number of halogens is 2. The molecule has 0 aromatic heterocycles. The summed E-state index contributed by atoms with van der Waals surface area (Å²) in [6.07, 6.45) is 2.71. The van der Waals surface area contributed by atoms with Gasteiger partial charge in [-0.15, -0.1) is 0 Å². The molecule has 2 heterocycles. The van der Waals surface area contributed by atoms with Gasteiger partial charge in [0.05, 0.1) is 6.10 Å². The van der Waals surface area contributed by atoms with Crippen molar-refractivity contribution in [2.24, 2.45) is 5.73 Å². The Morgan fingerprint density at radius 3 is 2.68 bits per heavy atom. The molecule has 3 rings (SSSR count). The number of rotatable bonds is 5. The Kier molecular flexibility index (Phi) is 6.23. The van der Waals surface area contributed by atoms with E-state index in [2.05, 4.69) is 5.32 Å². The Hall–Kier alpha value is -0.850. The molecule has 2 aliphatic heterocycles. The second kappa shape index (κ2) is 8.23. The number of hydrogen-bond donors (Lipinski definition) is 2. The zero-order valence-corrected chi connectivity index (χ0v) is 15.6. The number of hydrogen-bond acceptors (Lipinski definition) is 4. The van der Waals surface area contributed by atoms with Crippen molar-refractivity contribution < 1.29 is 14.3 Å². The van der Waals surface area contributed by atoms with Crippen LogP contribution >= 0.6 is 23.2 Å². The minimum atomic E-state index is -0.411. The van der Waals surface area contributed by atoms with Crippen LogP contribution in [0.1, 0.15) is 31.2 Å². The maximum Gasteiger partial charge on any atom is 0.249 e. The lowest BCUT2D eigenvalue weighted by Gasteiger charge is -2.38. The van der Waals surface area contributed by atoms with E-state index in [0.29, 0.717) is 42.8 Å². The molecule has 5 nitrogen and oxygen atoms in total. The maximum absolute atomic E-state index is 12.5. The second-order valence-electron chi connectivity index (χ2n) is 6.79. The van der Waals surface area contributed by atoms with E-state index in [1.165, 1.54) is 0 Å². The Morgan fingerprint density at radius 1 is 1.28 bits per heavy atom. The average molecular weight is 387 g/mol. The Morgan fingerprint density at radius 2 is 2.04 bits per heavy atom. The summed E-state index contributed by atoms with van der Waals surface area (Å²) < 4.78 is 11.2. The van der Waals surface area contributed by atoms with E-state index < -0.39 is 6.10 Å². The molecule has 2 saturated heterocycles. The van der Waals surface area contributed by atoms with Crippen LogP contribution in [0.2, 0.25) is 10.0 Å². The fourth-order valence-corrected chi connectivity index (χ4v) is 4.27. The molecule has 7 heteroatoms. The minimum Gasteiger partial charge on any atom is -0.381 e. The van der Waals surface area contributed by atoms with Gasteiger partial charge in [-0.25, -0.2) is 0 Å². The van der Waals surface area contributed by atoms with Crippen molar-refractivity contribution in [3.05, 3.63) is 33.8 Å². The lowest BCUT2D eigenvalue weighted by molar-refractivity contribution is -0.132. The zero-order valence-electron chi connectivity index (χ0n) is 14.1. The van der Waals surface area contributed by atoms with Crippen LogP contribution in [0.25, 0.3) is 0 Å². The number of carbonyl (C=O) groups is 1. The third kappa shape index (κ3) is 4.29. The smallest absolute Gasteiger partial charge is 0.249 e. The van der Waals surface area contributed by atoms with Gasteiger partial charge in [0, 0.05) is 41.8 Å². The van der Waals surface area contributed by atoms with Crippen LogP contribution in [0.3, 0.4) is 0 Å². The molecule has 0 bridgehead atoms. The highest BCUT2D eigenvalue weighted by molar-refractivity contribution is 6.35. The maximum atomic E-state index is 12.5. The summed E-state index contributed by atoms with van der Waals surface area (Å²) >= 11 is 12.5. The molecule has 2 atom stereocenters. The van der Waals surface area contributed by atoms with Crippen LogP contribution in [-0.4, -0.2) is 44.4 Å². The Labute approximate surface area is 158 Å². The van der Waals surface area contributed by atoms with Crippen LogP contribution in [0.4, 0.5) is 0 Å². The molecule has 0 spiro atoms. The van der Waals surface area contributed by atoms with Crippen molar-refractivity contribution >= 4 is 29.1 Å². The normalized spacial score (nSPS) is 25.7. The number of nitrogens with two attached hydrogens (primary N) is 1. The highest BCUT2D eigenvalue weighted by atomic mass is 35.5. The molecule has 0 saturated carbocycles. The largest absolute Gasteiger partial charge is 0.381 e. The SMILES string of the molecule is NC[C@H]1CC[C@@H](C(=O)NCC2(c3ccc(Cl)cc3Cl)CCOCC2)O1. The van der Waals surface area contributed by atoms with Gasteiger partial charge in [-0.3, -0.25) is 4.79 Å². The lowest BCUT2D eigenvalue weighted by atomic mass is 9.74. The molecule has 1 aromatic carbocycles. The predicted molar refractivity (Wildman–Crippen MR) is 98.2 cm³/mol. The van der Waals surface area contributed by atoms with Gasteiger partial charge >= 0.3 is 0 Å². The highest BCUT2D eigenvalue weighted by Crippen LogP contribution is 2.39. The van der Waals surface area contributed by atoms with E-state index in [0.717, 1.165) is 24.8 Å². The van der Waals surface area contributed by atoms with E-state index in [9.17, 15) is 4.79 Å². The van der Waals surface area contributed by atoms with Gasteiger partial charge in [0.1, 0.15) is 6.10 Å². The second-order valence-corrected chi connectivity index (χ2v) is 7.64. The van der Waals surface area contributed by atoms with Gasteiger partial charge in [-0.2, -0.15) is 0 Å². The minimum absolute atomic E-state index is 0.0153.